The first-order valence-electron chi connectivity index (χ1n) is 12.5. The first-order chi connectivity index (χ1) is 13.7. The molecule has 0 aromatic rings. The molecule has 4 aliphatic rings. The second-order valence-corrected chi connectivity index (χ2v) is 12.1. The molecule has 0 aliphatic heterocycles. The number of allylic oxidation sites excluding steroid dienone is 4. The Bertz CT molecular complexity index is 686. The van der Waals surface area contributed by atoms with Gasteiger partial charge >= 0.3 is 0 Å². The van der Waals surface area contributed by atoms with Gasteiger partial charge in [0, 0.05) is 12.3 Å². The summed E-state index contributed by atoms with van der Waals surface area (Å²) in [4.78, 5) is 13.2. The summed E-state index contributed by atoms with van der Waals surface area (Å²) in [5.41, 5.74) is 0.659. The van der Waals surface area contributed by atoms with E-state index in [1.165, 1.54) is 25.7 Å². The monoisotopic (exact) mass is 396 g/mol. The number of carbonyl (C=O) groups is 1. The highest BCUT2D eigenvalue weighted by molar-refractivity contribution is 5.83. The Balaban J connectivity index is 1.55. The van der Waals surface area contributed by atoms with Crippen molar-refractivity contribution < 1.29 is 4.79 Å². The SMILES string of the molecule is CC(C)[C@@H](C)/C=C/[C@@H](C)[C@H]1CC[C@H]2[C@H]3CC(=O)[C@H]4CC=CC[C@]4(C)[C@H]3CC[C@]12C. The van der Waals surface area contributed by atoms with Crippen LogP contribution < -0.4 is 0 Å². The molecule has 0 aromatic carbocycles. The van der Waals surface area contributed by atoms with Gasteiger partial charge in [0.15, 0.2) is 0 Å². The zero-order valence-corrected chi connectivity index (χ0v) is 19.8. The Hall–Kier alpha value is -0.850. The lowest BCUT2D eigenvalue weighted by Gasteiger charge is -2.59. The number of Topliss-reactive ketones (excluding diaryl/α,β-unsaturated/α-hetero) is 1. The maximum absolute atomic E-state index is 13.2. The molecular formula is C28H44O. The predicted octanol–water partition coefficient (Wildman–Crippen LogP) is 7.47. The van der Waals surface area contributed by atoms with Gasteiger partial charge < -0.3 is 0 Å². The van der Waals surface area contributed by atoms with Crippen molar-refractivity contribution in [1.82, 2.24) is 0 Å². The molecule has 1 nitrogen and oxygen atoms in total. The minimum Gasteiger partial charge on any atom is -0.299 e. The highest BCUT2D eigenvalue weighted by Gasteiger charge is 2.61. The number of rotatable bonds is 4. The molecule has 1 heteroatoms. The van der Waals surface area contributed by atoms with Gasteiger partial charge in [-0.2, -0.15) is 0 Å². The molecule has 0 radical (unpaired) electrons. The molecule has 0 amide bonds. The third-order valence-electron chi connectivity index (χ3n) is 10.5. The van der Waals surface area contributed by atoms with Crippen molar-refractivity contribution in [3.05, 3.63) is 24.3 Å². The standard InChI is InChI=1S/C28H44O/c1-18(2)19(3)10-11-20(4)22-12-13-23-21-17-26(29)25-9-7-8-15-27(25,5)24(21)14-16-28(22,23)6/h7-8,10-11,18-25H,9,12-17H2,1-6H3/b11-10+/t19-,20+,21+,22+,23-,24-,25+,27+,28+/m0/s1. The van der Waals surface area contributed by atoms with Gasteiger partial charge in [0.25, 0.3) is 0 Å². The van der Waals surface area contributed by atoms with E-state index in [1.807, 2.05) is 0 Å². The summed E-state index contributed by atoms with van der Waals surface area (Å²) < 4.78 is 0. The van der Waals surface area contributed by atoms with E-state index in [2.05, 4.69) is 65.8 Å². The van der Waals surface area contributed by atoms with E-state index in [0.29, 0.717) is 40.8 Å². The third-order valence-corrected chi connectivity index (χ3v) is 10.5. The second-order valence-electron chi connectivity index (χ2n) is 12.1. The topological polar surface area (TPSA) is 17.1 Å². The Labute approximate surface area is 179 Å². The van der Waals surface area contributed by atoms with Crippen LogP contribution in [0.15, 0.2) is 24.3 Å². The van der Waals surface area contributed by atoms with Crippen LogP contribution in [0.25, 0.3) is 0 Å². The van der Waals surface area contributed by atoms with Gasteiger partial charge in [-0.25, -0.2) is 0 Å². The Morgan fingerprint density at radius 1 is 0.966 bits per heavy atom. The van der Waals surface area contributed by atoms with Crippen molar-refractivity contribution >= 4 is 5.78 Å². The van der Waals surface area contributed by atoms with Crippen molar-refractivity contribution in [2.75, 3.05) is 0 Å². The summed E-state index contributed by atoms with van der Waals surface area (Å²) in [5, 5.41) is 0. The highest BCUT2D eigenvalue weighted by atomic mass is 16.1. The second kappa shape index (κ2) is 7.69. The van der Waals surface area contributed by atoms with Gasteiger partial charge in [-0.15, -0.1) is 0 Å². The summed E-state index contributed by atoms with van der Waals surface area (Å²) in [6.45, 7) is 14.5. The van der Waals surface area contributed by atoms with Crippen molar-refractivity contribution in [2.24, 2.45) is 58.2 Å². The van der Waals surface area contributed by atoms with Crippen LogP contribution in [0.4, 0.5) is 0 Å². The molecule has 162 valence electrons. The highest BCUT2D eigenvalue weighted by Crippen LogP contribution is 2.67. The smallest absolute Gasteiger partial charge is 0.137 e. The fourth-order valence-corrected chi connectivity index (χ4v) is 8.27. The molecule has 0 aromatic heterocycles. The van der Waals surface area contributed by atoms with Crippen LogP contribution in [0.1, 0.15) is 86.5 Å². The van der Waals surface area contributed by atoms with Crippen LogP contribution in [0, 0.1) is 58.2 Å². The fourth-order valence-electron chi connectivity index (χ4n) is 8.27. The van der Waals surface area contributed by atoms with Crippen LogP contribution in [-0.4, -0.2) is 5.78 Å². The van der Waals surface area contributed by atoms with Crippen molar-refractivity contribution in [3.8, 4) is 0 Å². The lowest BCUT2D eigenvalue weighted by molar-refractivity contribution is -0.149. The molecule has 4 rings (SSSR count). The molecule has 0 unspecified atom stereocenters. The summed E-state index contributed by atoms with van der Waals surface area (Å²) >= 11 is 0. The molecular weight excluding hydrogens is 352 g/mol. The van der Waals surface area contributed by atoms with E-state index in [1.54, 1.807) is 0 Å². The Morgan fingerprint density at radius 3 is 2.41 bits per heavy atom. The van der Waals surface area contributed by atoms with Crippen LogP contribution in [0.3, 0.4) is 0 Å². The predicted molar refractivity (Wildman–Crippen MR) is 122 cm³/mol. The average molecular weight is 397 g/mol. The van der Waals surface area contributed by atoms with Gasteiger partial charge in [0.05, 0.1) is 0 Å². The largest absolute Gasteiger partial charge is 0.299 e. The minimum absolute atomic E-state index is 0.229. The van der Waals surface area contributed by atoms with Crippen LogP contribution in [-0.2, 0) is 4.79 Å². The van der Waals surface area contributed by atoms with Crippen LogP contribution >= 0.6 is 0 Å². The summed E-state index contributed by atoms with van der Waals surface area (Å²) in [6.07, 6.45) is 18.1. The van der Waals surface area contributed by atoms with Crippen molar-refractivity contribution in [2.45, 2.75) is 86.5 Å². The molecule has 0 saturated heterocycles. The van der Waals surface area contributed by atoms with E-state index in [-0.39, 0.29) is 5.41 Å². The zero-order chi connectivity index (χ0) is 21.0. The molecule has 3 saturated carbocycles. The quantitative estimate of drug-likeness (QED) is 0.450. The number of hydrogen-bond donors (Lipinski definition) is 0. The van der Waals surface area contributed by atoms with Gasteiger partial charge in [0.1, 0.15) is 5.78 Å². The first kappa shape index (κ1) is 21.4. The lowest BCUT2D eigenvalue weighted by atomic mass is 9.45. The van der Waals surface area contributed by atoms with E-state index in [9.17, 15) is 4.79 Å². The minimum atomic E-state index is 0.229. The number of fused-ring (bicyclic) bond motifs is 5. The zero-order valence-electron chi connectivity index (χ0n) is 19.8. The van der Waals surface area contributed by atoms with E-state index < -0.39 is 0 Å². The Kier molecular flexibility index (Phi) is 5.67. The van der Waals surface area contributed by atoms with Crippen molar-refractivity contribution in [3.63, 3.8) is 0 Å². The molecule has 0 bridgehead atoms. The third kappa shape index (κ3) is 3.39. The molecule has 9 atom stereocenters. The molecule has 0 heterocycles. The molecule has 29 heavy (non-hydrogen) atoms. The van der Waals surface area contributed by atoms with E-state index >= 15 is 0 Å². The Morgan fingerprint density at radius 2 is 1.69 bits per heavy atom. The normalized spacial score (nSPS) is 46.4. The number of hydrogen-bond acceptors (Lipinski definition) is 1. The maximum Gasteiger partial charge on any atom is 0.137 e. The van der Waals surface area contributed by atoms with Crippen LogP contribution in [0.2, 0.25) is 0 Å². The molecule has 0 spiro atoms. The molecule has 4 aliphatic carbocycles. The molecule has 3 fully saturated rings. The summed E-state index contributed by atoms with van der Waals surface area (Å²) in [7, 11) is 0. The van der Waals surface area contributed by atoms with Crippen molar-refractivity contribution in [1.29, 1.82) is 0 Å². The summed E-state index contributed by atoms with van der Waals surface area (Å²) in [6, 6.07) is 0. The lowest BCUT2D eigenvalue weighted by Crippen LogP contribution is -2.55. The summed E-state index contributed by atoms with van der Waals surface area (Å²) in [5.74, 6) is 5.87. The van der Waals surface area contributed by atoms with Gasteiger partial charge in [-0.1, -0.05) is 65.8 Å². The molecule has 0 N–H and O–H groups in total. The van der Waals surface area contributed by atoms with E-state index in [4.69, 9.17) is 0 Å². The van der Waals surface area contributed by atoms with Gasteiger partial charge in [-0.3, -0.25) is 4.79 Å². The fraction of sp³-hybridized carbons (Fsp3) is 0.821. The van der Waals surface area contributed by atoms with Gasteiger partial charge in [-0.05, 0) is 90.8 Å². The van der Waals surface area contributed by atoms with E-state index in [0.717, 1.165) is 37.0 Å². The average Bonchev–Trinajstić information content (AvgIpc) is 3.03. The maximum atomic E-state index is 13.2. The number of carbonyl (C=O) groups excluding carboxylic acids is 1. The van der Waals surface area contributed by atoms with Crippen LogP contribution in [0.5, 0.6) is 0 Å². The van der Waals surface area contributed by atoms with Gasteiger partial charge in [0.2, 0.25) is 0 Å². The first-order valence-corrected chi connectivity index (χ1v) is 12.5. The number of ketones is 1.